The van der Waals surface area contributed by atoms with E-state index in [2.05, 4.69) is 20.7 Å². The second kappa shape index (κ2) is 7.80. The van der Waals surface area contributed by atoms with E-state index >= 15 is 0 Å². The Balaban J connectivity index is 1.76. The van der Waals surface area contributed by atoms with E-state index in [4.69, 9.17) is 0 Å². The predicted octanol–water partition coefficient (Wildman–Crippen LogP) is 2.98. The lowest BCUT2D eigenvalue weighted by molar-refractivity contribution is -0.118. The molecule has 0 radical (unpaired) electrons. The molecule has 7 heteroatoms. The summed E-state index contributed by atoms with van der Waals surface area (Å²) < 4.78 is 1.70. The maximum absolute atomic E-state index is 12.8. The lowest BCUT2D eigenvalue weighted by Crippen LogP contribution is -2.47. The molecule has 2 heterocycles. The second-order valence-electron chi connectivity index (χ2n) is 7.35. The Morgan fingerprint density at radius 2 is 1.79 bits per heavy atom. The first kappa shape index (κ1) is 19.5. The van der Waals surface area contributed by atoms with Crippen LogP contribution >= 0.6 is 0 Å². The van der Waals surface area contributed by atoms with Crippen molar-refractivity contribution in [2.24, 2.45) is 13.0 Å². The number of hydrogen-bond donors (Lipinski definition) is 2. The molecule has 0 aliphatic rings. The van der Waals surface area contributed by atoms with Crippen molar-refractivity contribution in [3.63, 3.8) is 0 Å². The summed E-state index contributed by atoms with van der Waals surface area (Å²) in [7, 11) is 1.83. The number of pyridine rings is 1. The summed E-state index contributed by atoms with van der Waals surface area (Å²) in [5.41, 5.74) is 3.77. The van der Waals surface area contributed by atoms with Crippen LogP contribution in [0.15, 0.2) is 36.5 Å². The van der Waals surface area contributed by atoms with E-state index in [0.29, 0.717) is 11.3 Å². The number of amides is 2. The Bertz CT molecular complexity index is 1020. The Morgan fingerprint density at radius 3 is 2.43 bits per heavy atom. The maximum Gasteiger partial charge on any atom is 0.251 e. The molecule has 0 spiro atoms. The first-order valence-electron chi connectivity index (χ1n) is 9.24. The molecule has 28 heavy (non-hydrogen) atoms. The summed E-state index contributed by atoms with van der Waals surface area (Å²) in [4.78, 5) is 29.7. The number of anilines is 1. The Labute approximate surface area is 164 Å². The fourth-order valence-electron chi connectivity index (χ4n) is 3.06. The third kappa shape index (κ3) is 4.03. The van der Waals surface area contributed by atoms with Gasteiger partial charge in [-0.15, -0.1) is 0 Å². The van der Waals surface area contributed by atoms with Crippen LogP contribution in [-0.2, 0) is 11.8 Å². The molecule has 7 nitrogen and oxygen atoms in total. The summed E-state index contributed by atoms with van der Waals surface area (Å²) in [5.74, 6) is -0.630. The highest BCUT2D eigenvalue weighted by molar-refractivity contribution is 6.01. The van der Waals surface area contributed by atoms with Crippen LogP contribution in [0.5, 0.6) is 0 Å². The van der Waals surface area contributed by atoms with Crippen molar-refractivity contribution < 1.29 is 9.59 Å². The van der Waals surface area contributed by atoms with Crippen molar-refractivity contribution in [1.29, 1.82) is 0 Å². The van der Waals surface area contributed by atoms with E-state index in [-0.39, 0.29) is 17.7 Å². The molecule has 1 aromatic carbocycles. The van der Waals surface area contributed by atoms with Crippen LogP contribution in [0, 0.1) is 19.8 Å². The molecule has 0 saturated heterocycles. The largest absolute Gasteiger partial charge is 0.340 e. The molecule has 0 saturated carbocycles. The molecule has 146 valence electrons. The Hall–Kier alpha value is -3.22. The van der Waals surface area contributed by atoms with Gasteiger partial charge in [-0.1, -0.05) is 31.5 Å². The number of aromatic nitrogens is 3. The first-order chi connectivity index (χ1) is 13.3. The Kier molecular flexibility index (Phi) is 5.44. The molecule has 2 amide bonds. The third-order valence-corrected chi connectivity index (χ3v) is 4.68. The minimum atomic E-state index is -0.667. The number of nitrogens with zero attached hydrogens (tertiary/aromatic N) is 3. The molecule has 0 aliphatic heterocycles. The van der Waals surface area contributed by atoms with Crippen molar-refractivity contribution in [1.82, 2.24) is 20.1 Å². The number of carbonyl (C=O) groups excluding carboxylic acids is 2. The van der Waals surface area contributed by atoms with E-state index < -0.39 is 6.04 Å². The summed E-state index contributed by atoms with van der Waals surface area (Å²) in [5, 5.41) is 10.9. The van der Waals surface area contributed by atoms with Gasteiger partial charge in [0.1, 0.15) is 6.04 Å². The molecular formula is C21H25N5O2. The average molecular weight is 379 g/mol. The van der Waals surface area contributed by atoms with Gasteiger partial charge in [-0.2, -0.15) is 5.10 Å². The van der Waals surface area contributed by atoms with Gasteiger partial charge in [-0.25, -0.2) is 4.98 Å². The van der Waals surface area contributed by atoms with E-state index in [1.807, 2.05) is 52.9 Å². The highest BCUT2D eigenvalue weighted by Crippen LogP contribution is 2.20. The van der Waals surface area contributed by atoms with Gasteiger partial charge >= 0.3 is 0 Å². The van der Waals surface area contributed by atoms with Crippen LogP contribution in [0.25, 0.3) is 11.0 Å². The van der Waals surface area contributed by atoms with Crippen LogP contribution in [0.3, 0.4) is 0 Å². The number of rotatable bonds is 5. The van der Waals surface area contributed by atoms with E-state index in [1.165, 1.54) is 0 Å². The molecule has 0 bridgehead atoms. The van der Waals surface area contributed by atoms with Gasteiger partial charge in [0.05, 0.1) is 17.6 Å². The second-order valence-corrected chi connectivity index (χ2v) is 7.35. The van der Waals surface area contributed by atoms with Crippen LogP contribution in [0.1, 0.15) is 35.5 Å². The number of aryl methyl sites for hydroxylation is 3. The molecule has 0 fully saturated rings. The number of carbonyl (C=O) groups is 2. The minimum Gasteiger partial charge on any atom is -0.340 e. The summed E-state index contributed by atoms with van der Waals surface area (Å²) >= 11 is 0. The monoisotopic (exact) mass is 379 g/mol. The zero-order chi connectivity index (χ0) is 20.4. The summed E-state index contributed by atoms with van der Waals surface area (Å²) in [6.07, 6.45) is 1.60. The van der Waals surface area contributed by atoms with Crippen molar-refractivity contribution >= 4 is 28.5 Å². The fourth-order valence-corrected chi connectivity index (χ4v) is 3.06. The molecule has 2 N–H and O–H groups in total. The van der Waals surface area contributed by atoms with Crippen LogP contribution in [0.4, 0.5) is 5.69 Å². The fraction of sp³-hybridized carbons (Fsp3) is 0.333. The van der Waals surface area contributed by atoms with Gasteiger partial charge < -0.3 is 10.6 Å². The number of fused-ring (bicyclic) bond motifs is 1. The van der Waals surface area contributed by atoms with E-state index in [9.17, 15) is 9.59 Å². The number of benzene rings is 1. The van der Waals surface area contributed by atoms with Crippen molar-refractivity contribution in [3.05, 3.63) is 53.3 Å². The standard InChI is InChI=1S/C21H25N5O2/c1-12(2)18(24-20(27)15-8-6-13(3)7-9-15)21(28)23-16-10-17-14(4)25-26(5)19(17)22-11-16/h6-12,18H,1-5H3,(H,23,28)(H,24,27). The van der Waals surface area contributed by atoms with Crippen LogP contribution in [0.2, 0.25) is 0 Å². The highest BCUT2D eigenvalue weighted by Gasteiger charge is 2.25. The molecule has 1 unspecified atom stereocenters. The molecular weight excluding hydrogens is 354 g/mol. The lowest BCUT2D eigenvalue weighted by atomic mass is 10.0. The molecule has 0 aliphatic carbocycles. The zero-order valence-electron chi connectivity index (χ0n) is 16.8. The van der Waals surface area contributed by atoms with Crippen molar-refractivity contribution in [2.75, 3.05) is 5.32 Å². The van der Waals surface area contributed by atoms with Gasteiger partial charge in [0.25, 0.3) is 5.91 Å². The number of hydrogen-bond acceptors (Lipinski definition) is 4. The molecule has 3 aromatic rings. The molecule has 2 aromatic heterocycles. The minimum absolute atomic E-state index is 0.0776. The van der Waals surface area contributed by atoms with Gasteiger partial charge in [0.15, 0.2) is 5.65 Å². The SMILES string of the molecule is Cc1ccc(C(=O)NC(C(=O)Nc2cnc3c(c2)c(C)nn3C)C(C)C)cc1. The lowest BCUT2D eigenvalue weighted by Gasteiger charge is -2.21. The summed E-state index contributed by atoms with van der Waals surface area (Å²) in [6, 6.07) is 8.43. The molecule has 1 atom stereocenters. The number of nitrogens with one attached hydrogen (secondary N) is 2. The van der Waals surface area contributed by atoms with Crippen molar-refractivity contribution in [2.45, 2.75) is 33.7 Å². The average Bonchev–Trinajstić information content (AvgIpc) is 2.93. The topological polar surface area (TPSA) is 88.9 Å². The van der Waals surface area contributed by atoms with Crippen molar-refractivity contribution in [3.8, 4) is 0 Å². The molecule has 3 rings (SSSR count). The van der Waals surface area contributed by atoms with Gasteiger partial charge in [0.2, 0.25) is 5.91 Å². The van der Waals surface area contributed by atoms with Gasteiger partial charge in [-0.3, -0.25) is 14.3 Å². The highest BCUT2D eigenvalue weighted by atomic mass is 16.2. The van der Waals surface area contributed by atoms with E-state index in [0.717, 1.165) is 22.3 Å². The Morgan fingerprint density at radius 1 is 1.11 bits per heavy atom. The van der Waals surface area contributed by atoms with Crippen LogP contribution in [-0.4, -0.2) is 32.6 Å². The van der Waals surface area contributed by atoms with Gasteiger partial charge in [0, 0.05) is 18.0 Å². The van der Waals surface area contributed by atoms with E-state index in [1.54, 1.807) is 23.0 Å². The predicted molar refractivity (Wildman–Crippen MR) is 109 cm³/mol. The zero-order valence-corrected chi connectivity index (χ0v) is 16.8. The summed E-state index contributed by atoms with van der Waals surface area (Å²) in [6.45, 7) is 7.65. The van der Waals surface area contributed by atoms with Gasteiger partial charge in [-0.05, 0) is 38.0 Å². The smallest absolute Gasteiger partial charge is 0.251 e. The van der Waals surface area contributed by atoms with Crippen LogP contribution < -0.4 is 10.6 Å². The third-order valence-electron chi connectivity index (χ3n) is 4.68. The maximum atomic E-state index is 12.8. The first-order valence-corrected chi connectivity index (χ1v) is 9.24. The quantitative estimate of drug-likeness (QED) is 0.713. The normalized spacial score (nSPS) is 12.2.